The Hall–Kier alpha value is -2.30. The first-order valence-electron chi connectivity index (χ1n) is 8.07. The number of hydroxylamine groups is 4. The van der Waals surface area contributed by atoms with E-state index in [-0.39, 0.29) is 0 Å². The Bertz CT molecular complexity index is 821. The standard InChI is InChI=1S/C19H22N4O2/c1-6-13-9-7-10-14(20-13)15-11-8-12-16(21-15)17-22(24)18(2,3)19(4,5)23(17)25/h1,7-12,17,24-25H,2-5H3. The fourth-order valence-electron chi connectivity index (χ4n) is 2.92. The number of terminal acetylenes is 1. The predicted molar refractivity (Wildman–Crippen MR) is 93.6 cm³/mol. The molecule has 0 aliphatic carbocycles. The van der Waals surface area contributed by atoms with Crippen molar-refractivity contribution in [3.05, 3.63) is 47.8 Å². The lowest BCUT2D eigenvalue weighted by molar-refractivity contribution is -0.224. The van der Waals surface area contributed by atoms with Crippen LogP contribution in [0.2, 0.25) is 0 Å². The summed E-state index contributed by atoms with van der Waals surface area (Å²) in [6.45, 7) is 7.49. The van der Waals surface area contributed by atoms with Crippen molar-refractivity contribution in [1.29, 1.82) is 0 Å². The Kier molecular flexibility index (Phi) is 4.13. The first kappa shape index (κ1) is 17.5. The molecule has 0 aromatic carbocycles. The highest BCUT2D eigenvalue weighted by atomic mass is 16.6. The molecule has 0 atom stereocenters. The lowest BCUT2D eigenvalue weighted by Crippen LogP contribution is -2.52. The van der Waals surface area contributed by atoms with E-state index >= 15 is 0 Å². The maximum Gasteiger partial charge on any atom is 0.153 e. The molecule has 130 valence electrons. The monoisotopic (exact) mass is 338 g/mol. The van der Waals surface area contributed by atoms with E-state index in [1.54, 1.807) is 12.1 Å². The smallest absolute Gasteiger partial charge is 0.153 e. The van der Waals surface area contributed by atoms with Crippen molar-refractivity contribution >= 4 is 0 Å². The normalized spacial score (nSPS) is 20.5. The van der Waals surface area contributed by atoms with Gasteiger partial charge >= 0.3 is 0 Å². The molecule has 1 fully saturated rings. The van der Waals surface area contributed by atoms with Gasteiger partial charge in [-0.25, -0.2) is 9.97 Å². The second-order valence-electron chi connectivity index (χ2n) is 7.18. The molecule has 0 radical (unpaired) electrons. The Morgan fingerprint density at radius 1 is 0.920 bits per heavy atom. The van der Waals surface area contributed by atoms with E-state index < -0.39 is 17.2 Å². The third-order valence-electron chi connectivity index (χ3n) is 5.30. The van der Waals surface area contributed by atoms with Gasteiger partial charge in [0.1, 0.15) is 5.69 Å². The zero-order chi connectivity index (χ0) is 18.4. The zero-order valence-electron chi connectivity index (χ0n) is 14.8. The zero-order valence-corrected chi connectivity index (χ0v) is 14.8. The van der Waals surface area contributed by atoms with Gasteiger partial charge in [0, 0.05) is 0 Å². The van der Waals surface area contributed by atoms with E-state index in [1.165, 1.54) is 0 Å². The van der Waals surface area contributed by atoms with Gasteiger partial charge < -0.3 is 10.4 Å². The lowest BCUT2D eigenvalue weighted by atomic mass is 9.84. The summed E-state index contributed by atoms with van der Waals surface area (Å²) in [6.07, 6.45) is 4.63. The van der Waals surface area contributed by atoms with Crippen molar-refractivity contribution in [1.82, 2.24) is 20.1 Å². The van der Waals surface area contributed by atoms with Crippen molar-refractivity contribution in [2.75, 3.05) is 0 Å². The highest BCUT2D eigenvalue weighted by molar-refractivity contribution is 5.55. The third kappa shape index (κ3) is 2.62. The molecular weight excluding hydrogens is 316 g/mol. The average molecular weight is 338 g/mol. The van der Waals surface area contributed by atoms with Gasteiger partial charge in [0.25, 0.3) is 0 Å². The minimum Gasteiger partial charge on any atom is -0.311 e. The van der Waals surface area contributed by atoms with Gasteiger partial charge in [-0.05, 0) is 52.0 Å². The molecule has 0 unspecified atom stereocenters. The topological polar surface area (TPSA) is 72.7 Å². The van der Waals surface area contributed by atoms with E-state index in [0.717, 1.165) is 10.1 Å². The molecule has 2 aromatic heterocycles. The summed E-state index contributed by atoms with van der Waals surface area (Å²) in [5.41, 5.74) is 0.966. The summed E-state index contributed by atoms with van der Waals surface area (Å²) in [6, 6.07) is 10.8. The maximum absolute atomic E-state index is 10.7. The molecule has 0 saturated carbocycles. The summed E-state index contributed by atoms with van der Waals surface area (Å²) in [5.74, 6) is 2.51. The average Bonchev–Trinajstić information content (AvgIpc) is 2.72. The fourth-order valence-corrected chi connectivity index (χ4v) is 2.92. The predicted octanol–water partition coefficient (Wildman–Crippen LogP) is 3.08. The summed E-state index contributed by atoms with van der Waals surface area (Å²) in [5, 5.41) is 23.6. The molecule has 1 aliphatic heterocycles. The molecule has 2 N–H and O–H groups in total. The molecule has 0 bridgehead atoms. The van der Waals surface area contributed by atoms with Gasteiger partial charge in [0.2, 0.25) is 0 Å². The Morgan fingerprint density at radius 3 is 2.00 bits per heavy atom. The molecule has 25 heavy (non-hydrogen) atoms. The van der Waals surface area contributed by atoms with Crippen LogP contribution in [0.4, 0.5) is 0 Å². The number of aromatic nitrogens is 2. The van der Waals surface area contributed by atoms with Crippen LogP contribution in [-0.4, -0.2) is 41.6 Å². The Labute approximate surface area is 147 Å². The van der Waals surface area contributed by atoms with Crippen molar-refractivity contribution in [2.45, 2.75) is 44.9 Å². The molecule has 3 rings (SSSR count). The van der Waals surface area contributed by atoms with Gasteiger partial charge in [-0.3, -0.25) is 0 Å². The van der Waals surface area contributed by atoms with Crippen molar-refractivity contribution in [3.8, 4) is 23.7 Å². The van der Waals surface area contributed by atoms with E-state index in [4.69, 9.17) is 6.42 Å². The van der Waals surface area contributed by atoms with Crippen LogP contribution in [0.5, 0.6) is 0 Å². The summed E-state index contributed by atoms with van der Waals surface area (Å²) >= 11 is 0. The molecular formula is C19H22N4O2. The fraction of sp³-hybridized carbons (Fsp3) is 0.368. The number of hydrogen-bond donors (Lipinski definition) is 2. The van der Waals surface area contributed by atoms with E-state index in [0.29, 0.717) is 22.8 Å². The molecule has 2 aromatic rings. The molecule has 6 heteroatoms. The van der Waals surface area contributed by atoms with E-state index in [1.807, 2.05) is 52.0 Å². The third-order valence-corrected chi connectivity index (χ3v) is 5.30. The minimum absolute atomic E-state index is 0.522. The molecule has 0 spiro atoms. The van der Waals surface area contributed by atoms with Crippen molar-refractivity contribution in [2.24, 2.45) is 0 Å². The van der Waals surface area contributed by atoms with Gasteiger partial charge in [0.05, 0.1) is 28.2 Å². The van der Waals surface area contributed by atoms with Gasteiger partial charge in [-0.1, -0.05) is 18.1 Å². The molecule has 1 saturated heterocycles. The van der Waals surface area contributed by atoms with Crippen molar-refractivity contribution in [3.63, 3.8) is 0 Å². The number of rotatable bonds is 2. The Balaban J connectivity index is 2.04. The van der Waals surface area contributed by atoms with E-state index in [2.05, 4.69) is 15.9 Å². The second kappa shape index (κ2) is 5.90. The van der Waals surface area contributed by atoms with Crippen LogP contribution in [0.15, 0.2) is 36.4 Å². The van der Waals surface area contributed by atoms with Crippen LogP contribution in [0.3, 0.4) is 0 Å². The summed E-state index contributed by atoms with van der Waals surface area (Å²) < 4.78 is 0. The number of pyridine rings is 2. The maximum atomic E-state index is 10.7. The van der Waals surface area contributed by atoms with Crippen LogP contribution in [-0.2, 0) is 0 Å². The lowest BCUT2D eigenvalue weighted by Gasteiger charge is -2.37. The largest absolute Gasteiger partial charge is 0.311 e. The molecule has 3 heterocycles. The minimum atomic E-state index is -0.777. The van der Waals surface area contributed by atoms with Gasteiger partial charge in [-0.15, -0.1) is 6.42 Å². The van der Waals surface area contributed by atoms with Gasteiger partial charge in [0.15, 0.2) is 6.17 Å². The molecule has 6 nitrogen and oxygen atoms in total. The molecule has 1 aliphatic rings. The highest BCUT2D eigenvalue weighted by Gasteiger charge is 2.58. The highest BCUT2D eigenvalue weighted by Crippen LogP contribution is 2.47. The number of nitrogens with zero attached hydrogens (tertiary/aromatic N) is 4. The van der Waals surface area contributed by atoms with Gasteiger partial charge in [-0.2, -0.15) is 10.1 Å². The first-order chi connectivity index (χ1) is 11.7. The summed E-state index contributed by atoms with van der Waals surface area (Å²) in [7, 11) is 0. The first-order valence-corrected chi connectivity index (χ1v) is 8.07. The van der Waals surface area contributed by atoms with Crippen molar-refractivity contribution < 1.29 is 10.4 Å². The van der Waals surface area contributed by atoms with Crippen LogP contribution in [0.1, 0.15) is 45.2 Å². The van der Waals surface area contributed by atoms with Crippen LogP contribution in [0, 0.1) is 12.3 Å². The van der Waals surface area contributed by atoms with Crippen LogP contribution < -0.4 is 0 Å². The quantitative estimate of drug-likeness (QED) is 0.820. The SMILES string of the molecule is C#Cc1cccc(-c2cccc(C3N(O)C(C)(C)C(C)(C)N3O)n2)n1. The van der Waals surface area contributed by atoms with Crippen LogP contribution >= 0.6 is 0 Å². The van der Waals surface area contributed by atoms with E-state index in [9.17, 15) is 10.4 Å². The Morgan fingerprint density at radius 2 is 1.44 bits per heavy atom. The second-order valence-corrected chi connectivity index (χ2v) is 7.18. The number of hydrogen-bond acceptors (Lipinski definition) is 6. The molecule has 0 amide bonds. The summed E-state index contributed by atoms with van der Waals surface area (Å²) in [4.78, 5) is 8.97. The van der Waals surface area contributed by atoms with Crippen LogP contribution in [0.25, 0.3) is 11.4 Å².